The van der Waals surface area contributed by atoms with Crippen LogP contribution in [0.3, 0.4) is 0 Å². The maximum absolute atomic E-state index is 4.80. The van der Waals surface area contributed by atoms with Gasteiger partial charge in [-0.3, -0.25) is 0 Å². The maximum atomic E-state index is 4.80. The summed E-state index contributed by atoms with van der Waals surface area (Å²) in [5.74, 6) is 0. The molecule has 0 aromatic carbocycles. The van der Waals surface area contributed by atoms with Crippen LogP contribution in [0.1, 0.15) is 6.92 Å². The molecule has 1 unspecified atom stereocenters. The van der Waals surface area contributed by atoms with Crippen molar-refractivity contribution in [2.75, 3.05) is 20.3 Å². The molecule has 0 aliphatic carbocycles. The number of methoxy groups -OCH3 is 1. The van der Waals surface area contributed by atoms with Gasteiger partial charge in [-0.15, -0.1) is 0 Å². The molecule has 0 aromatic heterocycles. The van der Waals surface area contributed by atoms with E-state index < -0.39 is 0 Å². The van der Waals surface area contributed by atoms with E-state index in [4.69, 9.17) is 4.74 Å². The second-order valence-corrected chi connectivity index (χ2v) is 2.40. The van der Waals surface area contributed by atoms with Crippen molar-refractivity contribution in [1.29, 1.82) is 0 Å². The van der Waals surface area contributed by atoms with Gasteiger partial charge in [0.15, 0.2) is 0 Å². The zero-order valence-electron chi connectivity index (χ0n) is 5.35. The Morgan fingerprint density at radius 2 is 2.38 bits per heavy atom. The Hall–Kier alpha value is 0.270. The van der Waals surface area contributed by atoms with Crippen LogP contribution in [-0.2, 0) is 4.74 Å². The van der Waals surface area contributed by atoms with E-state index in [-0.39, 0.29) is 5.37 Å². The SMILES string of the molecule is COCCNC(C)S. The quantitative estimate of drug-likeness (QED) is 0.333. The minimum atomic E-state index is 0.269. The second kappa shape index (κ2) is 5.41. The second-order valence-electron chi connectivity index (χ2n) is 1.62. The average molecular weight is 135 g/mol. The molecule has 8 heavy (non-hydrogen) atoms. The molecule has 0 spiro atoms. The molecule has 2 nitrogen and oxygen atoms in total. The molecule has 0 rings (SSSR count). The molecule has 0 aliphatic heterocycles. The molecule has 0 amide bonds. The van der Waals surface area contributed by atoms with Crippen molar-refractivity contribution in [2.24, 2.45) is 0 Å². The molecule has 1 N–H and O–H groups in total. The summed E-state index contributed by atoms with van der Waals surface area (Å²) in [5, 5.41) is 3.35. The third kappa shape index (κ3) is 6.27. The molecule has 3 heteroatoms. The molecule has 0 saturated carbocycles. The van der Waals surface area contributed by atoms with Crippen LogP contribution in [0.4, 0.5) is 0 Å². The summed E-state index contributed by atoms with van der Waals surface area (Å²) in [6, 6.07) is 0. The third-order valence-electron chi connectivity index (χ3n) is 0.746. The van der Waals surface area contributed by atoms with Gasteiger partial charge in [-0.05, 0) is 6.92 Å². The number of thiol groups is 1. The van der Waals surface area contributed by atoms with E-state index in [0.717, 1.165) is 13.2 Å². The van der Waals surface area contributed by atoms with Gasteiger partial charge >= 0.3 is 0 Å². The van der Waals surface area contributed by atoms with Crippen LogP contribution in [0.15, 0.2) is 0 Å². The molecular formula is C5H13NOS. The zero-order valence-corrected chi connectivity index (χ0v) is 6.24. The van der Waals surface area contributed by atoms with Crippen LogP contribution in [0, 0.1) is 0 Å². The number of rotatable bonds is 4. The molecule has 0 saturated heterocycles. The Balaban J connectivity index is 2.72. The topological polar surface area (TPSA) is 21.3 Å². The Bertz CT molecular complexity index is 49.7. The Morgan fingerprint density at radius 3 is 2.75 bits per heavy atom. The van der Waals surface area contributed by atoms with Gasteiger partial charge in [0.2, 0.25) is 0 Å². The van der Waals surface area contributed by atoms with E-state index in [1.54, 1.807) is 7.11 Å². The van der Waals surface area contributed by atoms with Gasteiger partial charge in [0.05, 0.1) is 6.61 Å². The maximum Gasteiger partial charge on any atom is 0.0587 e. The molecule has 0 bridgehead atoms. The van der Waals surface area contributed by atoms with Gasteiger partial charge in [0, 0.05) is 19.0 Å². The first-order valence-corrected chi connectivity index (χ1v) is 3.19. The van der Waals surface area contributed by atoms with Gasteiger partial charge < -0.3 is 10.1 Å². The standard InChI is InChI=1S/C5H13NOS/c1-5(8)6-3-4-7-2/h5-6,8H,3-4H2,1-2H3. The molecule has 0 aromatic rings. The molecule has 1 atom stereocenters. The fraction of sp³-hybridized carbons (Fsp3) is 1.00. The third-order valence-corrected chi connectivity index (χ3v) is 0.929. The molecule has 0 heterocycles. The highest BCUT2D eigenvalue weighted by Gasteiger charge is 1.88. The monoisotopic (exact) mass is 135 g/mol. The van der Waals surface area contributed by atoms with E-state index in [1.807, 2.05) is 6.92 Å². The Morgan fingerprint density at radius 1 is 1.75 bits per heavy atom. The highest BCUT2D eigenvalue weighted by Crippen LogP contribution is 1.82. The van der Waals surface area contributed by atoms with Gasteiger partial charge in [-0.1, -0.05) is 0 Å². The smallest absolute Gasteiger partial charge is 0.0587 e. The number of nitrogens with one attached hydrogen (secondary N) is 1. The van der Waals surface area contributed by atoms with Crippen LogP contribution >= 0.6 is 12.6 Å². The number of hydrogen-bond acceptors (Lipinski definition) is 3. The Kier molecular flexibility index (Phi) is 5.59. The van der Waals surface area contributed by atoms with Crippen molar-refractivity contribution in [3.8, 4) is 0 Å². The average Bonchev–Trinajstić information content (AvgIpc) is 1.66. The van der Waals surface area contributed by atoms with Crippen molar-refractivity contribution in [1.82, 2.24) is 5.32 Å². The fourth-order valence-corrected chi connectivity index (χ4v) is 0.499. The van der Waals surface area contributed by atoms with Gasteiger partial charge in [-0.25, -0.2) is 0 Å². The largest absolute Gasteiger partial charge is 0.383 e. The predicted molar refractivity (Wildman–Crippen MR) is 38.3 cm³/mol. The summed E-state index contributed by atoms with van der Waals surface area (Å²) < 4.78 is 4.80. The van der Waals surface area contributed by atoms with Crippen molar-refractivity contribution in [3.63, 3.8) is 0 Å². The highest BCUT2D eigenvalue weighted by molar-refractivity contribution is 7.80. The van der Waals surface area contributed by atoms with E-state index in [9.17, 15) is 0 Å². The van der Waals surface area contributed by atoms with E-state index >= 15 is 0 Å². The van der Waals surface area contributed by atoms with Crippen LogP contribution in [-0.4, -0.2) is 25.6 Å². The van der Waals surface area contributed by atoms with Gasteiger partial charge in [0.25, 0.3) is 0 Å². The van der Waals surface area contributed by atoms with E-state index in [1.165, 1.54) is 0 Å². The molecule has 0 radical (unpaired) electrons. The van der Waals surface area contributed by atoms with Gasteiger partial charge in [-0.2, -0.15) is 12.6 Å². The lowest BCUT2D eigenvalue weighted by Gasteiger charge is -2.04. The summed E-state index contributed by atoms with van der Waals surface area (Å²) in [6.07, 6.45) is 0. The zero-order chi connectivity index (χ0) is 6.41. The lowest BCUT2D eigenvalue weighted by Crippen LogP contribution is -2.24. The molecule has 50 valence electrons. The first kappa shape index (κ1) is 8.27. The minimum Gasteiger partial charge on any atom is -0.383 e. The van der Waals surface area contributed by atoms with Crippen LogP contribution in [0.2, 0.25) is 0 Å². The first-order valence-electron chi connectivity index (χ1n) is 2.67. The number of ether oxygens (including phenoxy) is 1. The summed E-state index contributed by atoms with van der Waals surface area (Å²) in [7, 11) is 1.69. The number of hydrogen-bond donors (Lipinski definition) is 2. The van der Waals surface area contributed by atoms with Crippen LogP contribution in [0.25, 0.3) is 0 Å². The summed E-state index contributed by atoms with van der Waals surface area (Å²) in [6.45, 7) is 3.62. The molecule has 0 fully saturated rings. The van der Waals surface area contributed by atoms with Crippen molar-refractivity contribution in [2.45, 2.75) is 12.3 Å². The molecule has 0 aliphatic rings. The predicted octanol–water partition coefficient (Wildman–Crippen LogP) is 0.498. The van der Waals surface area contributed by atoms with E-state index in [0.29, 0.717) is 0 Å². The minimum absolute atomic E-state index is 0.269. The van der Waals surface area contributed by atoms with Crippen LogP contribution < -0.4 is 5.32 Å². The summed E-state index contributed by atoms with van der Waals surface area (Å²) in [4.78, 5) is 0. The van der Waals surface area contributed by atoms with Crippen LogP contribution in [0.5, 0.6) is 0 Å². The van der Waals surface area contributed by atoms with Crippen molar-refractivity contribution in [3.05, 3.63) is 0 Å². The molecular weight excluding hydrogens is 122 g/mol. The lowest BCUT2D eigenvalue weighted by atomic mass is 10.6. The highest BCUT2D eigenvalue weighted by atomic mass is 32.1. The normalized spacial score (nSPS) is 13.9. The lowest BCUT2D eigenvalue weighted by molar-refractivity contribution is 0.199. The summed E-state index contributed by atoms with van der Waals surface area (Å²) in [5.41, 5.74) is 0. The van der Waals surface area contributed by atoms with Crippen molar-refractivity contribution < 1.29 is 4.74 Å². The first-order chi connectivity index (χ1) is 3.77. The van der Waals surface area contributed by atoms with E-state index in [2.05, 4.69) is 17.9 Å². The van der Waals surface area contributed by atoms with Crippen molar-refractivity contribution >= 4 is 12.6 Å². The fourth-order valence-electron chi connectivity index (χ4n) is 0.370. The van der Waals surface area contributed by atoms with Gasteiger partial charge in [0.1, 0.15) is 0 Å². The summed E-state index contributed by atoms with van der Waals surface area (Å²) >= 11 is 4.10. The Labute approximate surface area is 56.0 Å².